The number of nitrogens with zero attached hydrogens (tertiary/aromatic N) is 8. The third-order valence-corrected chi connectivity index (χ3v) is 1.98. The van der Waals surface area contributed by atoms with Gasteiger partial charge in [0.2, 0.25) is 5.95 Å². The normalized spacial score (nSPS) is 11.0. The number of rotatable bonds is 5. The van der Waals surface area contributed by atoms with Gasteiger partial charge in [-0.2, -0.15) is 15.0 Å². The fourth-order valence-corrected chi connectivity index (χ4v) is 1.11. The first kappa shape index (κ1) is 18.0. The van der Waals surface area contributed by atoms with Gasteiger partial charge in [0.05, 0.1) is 13.2 Å². The third-order valence-electron chi connectivity index (χ3n) is 1.98. The van der Waals surface area contributed by atoms with Gasteiger partial charge in [0, 0.05) is 14.1 Å². The number of hydrogen-bond acceptors (Lipinski definition) is 10. The Morgan fingerprint density at radius 2 is 1.35 bits per heavy atom. The van der Waals surface area contributed by atoms with E-state index in [0.29, 0.717) is 0 Å². The van der Waals surface area contributed by atoms with Gasteiger partial charge >= 0.3 is 12.2 Å². The van der Waals surface area contributed by atoms with E-state index in [0.717, 1.165) is 0 Å². The van der Waals surface area contributed by atoms with Gasteiger partial charge in [-0.05, 0) is 13.8 Å². The Hall–Kier alpha value is -3.05. The summed E-state index contributed by atoms with van der Waals surface area (Å²) in [5.74, 6) is -0.181. The van der Waals surface area contributed by atoms with Crippen molar-refractivity contribution in [3.63, 3.8) is 0 Å². The molecule has 1 rings (SSSR count). The standard InChI is InChI=1S/C11H16N8O4/c1-5-22-10(20)17-15-7-12-8(14-9(13-7)19(3)4)16-18-11(21)23-6-2/h5-6H2,1-4H3/b17-15-,18-16+. The predicted molar refractivity (Wildman–Crippen MR) is 77.2 cm³/mol. The molecule has 1 aromatic rings. The van der Waals surface area contributed by atoms with E-state index < -0.39 is 12.2 Å². The first-order chi connectivity index (χ1) is 11.0. The molecule has 0 bridgehead atoms. The first-order valence-corrected chi connectivity index (χ1v) is 6.56. The lowest BCUT2D eigenvalue weighted by molar-refractivity contribution is 0.161. The molecule has 124 valence electrons. The molecule has 12 heteroatoms. The maximum absolute atomic E-state index is 11.1. The molecule has 0 saturated heterocycles. The van der Waals surface area contributed by atoms with Crippen LogP contribution in [0.1, 0.15) is 13.8 Å². The van der Waals surface area contributed by atoms with Crippen LogP contribution in [0, 0.1) is 0 Å². The fourth-order valence-electron chi connectivity index (χ4n) is 1.11. The maximum Gasteiger partial charge on any atom is 0.452 e. The molecule has 0 unspecified atom stereocenters. The highest BCUT2D eigenvalue weighted by molar-refractivity contribution is 5.68. The summed E-state index contributed by atoms with van der Waals surface area (Å²) in [6.45, 7) is 3.59. The highest BCUT2D eigenvalue weighted by atomic mass is 16.5. The number of carbonyl (C=O) groups excluding carboxylic acids is 2. The summed E-state index contributed by atoms with van der Waals surface area (Å²) in [6, 6.07) is 0. The summed E-state index contributed by atoms with van der Waals surface area (Å²) in [4.78, 5) is 35.5. The Labute approximate surface area is 131 Å². The van der Waals surface area contributed by atoms with E-state index in [2.05, 4.69) is 44.9 Å². The van der Waals surface area contributed by atoms with Crippen molar-refractivity contribution in [2.45, 2.75) is 13.8 Å². The smallest absolute Gasteiger partial charge is 0.447 e. The van der Waals surface area contributed by atoms with Crippen LogP contribution in [-0.2, 0) is 9.47 Å². The molecule has 1 heterocycles. The molecule has 0 aromatic carbocycles. The summed E-state index contributed by atoms with van der Waals surface area (Å²) in [5, 5.41) is 13.6. The SMILES string of the molecule is CCOC(=O)/N=N\c1nc(/N=N/C(=O)OCC)nc(N(C)C)n1. The van der Waals surface area contributed by atoms with Crippen molar-refractivity contribution >= 4 is 30.0 Å². The van der Waals surface area contributed by atoms with Crippen LogP contribution in [0.5, 0.6) is 0 Å². The van der Waals surface area contributed by atoms with Crippen molar-refractivity contribution in [2.75, 3.05) is 32.2 Å². The molecule has 0 aliphatic rings. The van der Waals surface area contributed by atoms with Gasteiger partial charge in [-0.3, -0.25) is 0 Å². The van der Waals surface area contributed by atoms with Crippen LogP contribution in [0.3, 0.4) is 0 Å². The van der Waals surface area contributed by atoms with Gasteiger partial charge in [-0.1, -0.05) is 10.2 Å². The van der Waals surface area contributed by atoms with Crippen LogP contribution in [0.25, 0.3) is 0 Å². The molecule has 0 atom stereocenters. The van der Waals surface area contributed by atoms with E-state index >= 15 is 0 Å². The van der Waals surface area contributed by atoms with Crippen LogP contribution in [0.2, 0.25) is 0 Å². The minimum Gasteiger partial charge on any atom is -0.447 e. The zero-order chi connectivity index (χ0) is 17.2. The minimum absolute atomic E-state index is 0.164. The molecule has 0 radical (unpaired) electrons. The average Bonchev–Trinajstić information content (AvgIpc) is 2.51. The number of azo groups is 2. The average molecular weight is 324 g/mol. The molecule has 0 saturated carbocycles. The Morgan fingerprint density at radius 3 is 1.70 bits per heavy atom. The lowest BCUT2D eigenvalue weighted by Gasteiger charge is -2.09. The Balaban J connectivity index is 3.03. The van der Waals surface area contributed by atoms with Gasteiger partial charge in [-0.25, -0.2) is 9.59 Å². The quantitative estimate of drug-likeness (QED) is 0.751. The summed E-state index contributed by atoms with van der Waals surface area (Å²) >= 11 is 0. The lowest BCUT2D eigenvalue weighted by Crippen LogP contribution is -2.13. The Bertz CT molecular complexity index is 570. The topological polar surface area (TPSA) is 144 Å². The first-order valence-electron chi connectivity index (χ1n) is 6.56. The highest BCUT2D eigenvalue weighted by Crippen LogP contribution is 2.16. The second-order valence-corrected chi connectivity index (χ2v) is 3.93. The molecular weight excluding hydrogens is 308 g/mol. The fraction of sp³-hybridized carbons (Fsp3) is 0.545. The Kier molecular flexibility index (Phi) is 7.10. The number of amides is 2. The lowest BCUT2D eigenvalue weighted by atomic mass is 10.7. The molecule has 0 aliphatic carbocycles. The van der Waals surface area contributed by atoms with Crippen molar-refractivity contribution in [3.8, 4) is 0 Å². The van der Waals surface area contributed by atoms with E-state index in [4.69, 9.17) is 0 Å². The highest BCUT2D eigenvalue weighted by Gasteiger charge is 2.09. The number of aromatic nitrogens is 3. The minimum atomic E-state index is -0.881. The maximum atomic E-state index is 11.1. The third kappa shape index (κ3) is 6.50. The second-order valence-electron chi connectivity index (χ2n) is 3.93. The van der Waals surface area contributed by atoms with Crippen LogP contribution >= 0.6 is 0 Å². The van der Waals surface area contributed by atoms with Crippen LogP contribution < -0.4 is 4.90 Å². The molecule has 0 aliphatic heterocycles. The summed E-state index contributed by atoms with van der Waals surface area (Å²) in [6.07, 6.45) is -1.76. The van der Waals surface area contributed by atoms with Crippen molar-refractivity contribution in [1.29, 1.82) is 0 Å². The molecular formula is C11H16N8O4. The van der Waals surface area contributed by atoms with Crippen molar-refractivity contribution in [2.24, 2.45) is 20.5 Å². The molecule has 0 spiro atoms. The van der Waals surface area contributed by atoms with Gasteiger partial charge in [-0.15, -0.1) is 10.2 Å². The number of ether oxygens (including phenoxy) is 2. The second kappa shape index (κ2) is 9.07. The van der Waals surface area contributed by atoms with E-state index in [-0.39, 0.29) is 31.1 Å². The van der Waals surface area contributed by atoms with Gasteiger partial charge < -0.3 is 14.4 Å². The van der Waals surface area contributed by atoms with Gasteiger partial charge in [0.25, 0.3) is 11.9 Å². The zero-order valence-electron chi connectivity index (χ0n) is 13.1. The molecule has 0 N–H and O–H groups in total. The summed E-state index contributed by atoms with van der Waals surface area (Å²) in [5.41, 5.74) is 0. The Morgan fingerprint density at radius 1 is 0.913 bits per heavy atom. The molecule has 0 fully saturated rings. The molecule has 12 nitrogen and oxygen atoms in total. The molecule has 2 amide bonds. The van der Waals surface area contributed by atoms with E-state index in [1.165, 1.54) is 0 Å². The van der Waals surface area contributed by atoms with Gasteiger partial charge in [0.1, 0.15) is 0 Å². The van der Waals surface area contributed by atoms with Crippen LogP contribution in [0.4, 0.5) is 27.4 Å². The number of hydrogen-bond donors (Lipinski definition) is 0. The molecule has 23 heavy (non-hydrogen) atoms. The van der Waals surface area contributed by atoms with Crippen LogP contribution in [-0.4, -0.2) is 54.4 Å². The molecule has 1 aromatic heterocycles. The monoisotopic (exact) mass is 324 g/mol. The van der Waals surface area contributed by atoms with E-state index in [1.54, 1.807) is 32.8 Å². The zero-order valence-corrected chi connectivity index (χ0v) is 13.1. The summed E-state index contributed by atoms with van der Waals surface area (Å²) < 4.78 is 9.19. The summed E-state index contributed by atoms with van der Waals surface area (Å²) in [7, 11) is 3.35. The number of carbonyl (C=O) groups is 2. The van der Waals surface area contributed by atoms with E-state index in [1.807, 2.05) is 0 Å². The van der Waals surface area contributed by atoms with Crippen molar-refractivity contribution in [1.82, 2.24) is 15.0 Å². The van der Waals surface area contributed by atoms with Gasteiger partial charge in [0.15, 0.2) is 0 Å². The van der Waals surface area contributed by atoms with E-state index in [9.17, 15) is 9.59 Å². The largest absolute Gasteiger partial charge is 0.452 e. The van der Waals surface area contributed by atoms with Crippen molar-refractivity contribution < 1.29 is 19.1 Å². The van der Waals surface area contributed by atoms with Crippen LogP contribution in [0.15, 0.2) is 20.5 Å². The number of anilines is 1. The van der Waals surface area contributed by atoms with Crippen molar-refractivity contribution in [3.05, 3.63) is 0 Å². The predicted octanol–water partition coefficient (Wildman–Crippen LogP) is 2.42.